The standard InChI is InChI=1S/C12H10Br2O/c1-2-3-4-5-12(15)9-6-10(13)8-11(14)7-9/h1,6-8H,3-5H2. The van der Waals surface area contributed by atoms with E-state index in [2.05, 4.69) is 37.8 Å². The highest BCUT2D eigenvalue weighted by molar-refractivity contribution is 9.11. The Morgan fingerprint density at radius 3 is 2.40 bits per heavy atom. The number of carbonyl (C=O) groups is 1. The van der Waals surface area contributed by atoms with E-state index in [4.69, 9.17) is 6.42 Å². The highest BCUT2D eigenvalue weighted by Gasteiger charge is 2.06. The molecule has 1 rings (SSSR count). The Kier molecular flexibility index (Phi) is 5.07. The molecular formula is C12H10Br2O. The van der Waals surface area contributed by atoms with Crippen LogP contribution in [0.3, 0.4) is 0 Å². The van der Waals surface area contributed by atoms with Crippen molar-refractivity contribution < 1.29 is 4.79 Å². The van der Waals surface area contributed by atoms with Gasteiger partial charge in [0.15, 0.2) is 5.78 Å². The largest absolute Gasteiger partial charge is 0.294 e. The van der Waals surface area contributed by atoms with Crippen molar-refractivity contribution in [1.29, 1.82) is 0 Å². The van der Waals surface area contributed by atoms with E-state index in [9.17, 15) is 4.79 Å². The average Bonchev–Trinajstić information content (AvgIpc) is 2.16. The van der Waals surface area contributed by atoms with Crippen LogP contribution in [0.15, 0.2) is 27.1 Å². The predicted molar refractivity (Wildman–Crippen MR) is 68.9 cm³/mol. The average molecular weight is 330 g/mol. The van der Waals surface area contributed by atoms with E-state index in [1.54, 1.807) is 0 Å². The molecule has 1 aromatic carbocycles. The number of ketones is 1. The van der Waals surface area contributed by atoms with Gasteiger partial charge in [-0.1, -0.05) is 31.9 Å². The van der Waals surface area contributed by atoms with Crippen molar-refractivity contribution in [1.82, 2.24) is 0 Å². The molecule has 78 valence electrons. The van der Waals surface area contributed by atoms with E-state index in [1.807, 2.05) is 18.2 Å². The summed E-state index contributed by atoms with van der Waals surface area (Å²) in [6.07, 6.45) is 7.04. The first-order chi connectivity index (χ1) is 7.13. The summed E-state index contributed by atoms with van der Waals surface area (Å²) in [5, 5.41) is 0. The monoisotopic (exact) mass is 328 g/mol. The Hall–Kier alpha value is -0.590. The van der Waals surface area contributed by atoms with Crippen molar-refractivity contribution in [3.63, 3.8) is 0 Å². The van der Waals surface area contributed by atoms with Crippen LogP contribution in [0.5, 0.6) is 0 Å². The summed E-state index contributed by atoms with van der Waals surface area (Å²) in [7, 11) is 0. The third-order valence-electron chi connectivity index (χ3n) is 1.91. The zero-order chi connectivity index (χ0) is 11.3. The number of unbranched alkanes of at least 4 members (excludes halogenated alkanes) is 1. The minimum absolute atomic E-state index is 0.132. The number of Topliss-reactive ketones (excluding diaryl/α,β-unsaturated/α-hetero) is 1. The van der Waals surface area contributed by atoms with Gasteiger partial charge in [0.25, 0.3) is 0 Å². The summed E-state index contributed by atoms with van der Waals surface area (Å²) in [4.78, 5) is 11.7. The number of halogens is 2. The van der Waals surface area contributed by atoms with E-state index in [-0.39, 0.29) is 5.78 Å². The van der Waals surface area contributed by atoms with Gasteiger partial charge in [-0.25, -0.2) is 0 Å². The molecular weight excluding hydrogens is 320 g/mol. The molecule has 0 unspecified atom stereocenters. The van der Waals surface area contributed by atoms with Crippen molar-refractivity contribution >= 4 is 37.6 Å². The molecule has 0 saturated heterocycles. The zero-order valence-electron chi connectivity index (χ0n) is 8.09. The van der Waals surface area contributed by atoms with Crippen LogP contribution >= 0.6 is 31.9 Å². The van der Waals surface area contributed by atoms with Crippen LogP contribution in [0.1, 0.15) is 29.6 Å². The molecule has 0 amide bonds. The first kappa shape index (κ1) is 12.5. The van der Waals surface area contributed by atoms with Gasteiger partial charge in [0, 0.05) is 27.4 Å². The predicted octanol–water partition coefficient (Wildman–Crippen LogP) is 4.20. The Bertz CT molecular complexity index is 384. The van der Waals surface area contributed by atoms with Gasteiger partial charge >= 0.3 is 0 Å². The molecule has 1 aromatic rings. The van der Waals surface area contributed by atoms with Gasteiger partial charge in [-0.05, 0) is 24.6 Å². The van der Waals surface area contributed by atoms with Gasteiger partial charge < -0.3 is 0 Å². The number of carbonyl (C=O) groups excluding carboxylic acids is 1. The summed E-state index contributed by atoms with van der Waals surface area (Å²) in [6.45, 7) is 0. The van der Waals surface area contributed by atoms with Crippen LogP contribution in [0.4, 0.5) is 0 Å². The highest BCUT2D eigenvalue weighted by Crippen LogP contribution is 2.21. The fourth-order valence-corrected chi connectivity index (χ4v) is 2.50. The summed E-state index contributed by atoms with van der Waals surface area (Å²) >= 11 is 6.70. The molecule has 0 saturated carbocycles. The molecule has 0 heterocycles. The Morgan fingerprint density at radius 2 is 1.87 bits per heavy atom. The second kappa shape index (κ2) is 6.09. The van der Waals surface area contributed by atoms with Crippen LogP contribution in [0, 0.1) is 12.3 Å². The molecule has 0 spiro atoms. The SMILES string of the molecule is C#CCCCC(=O)c1cc(Br)cc(Br)c1. The molecule has 15 heavy (non-hydrogen) atoms. The maximum atomic E-state index is 11.7. The molecule has 0 aliphatic rings. The number of terminal acetylenes is 1. The van der Waals surface area contributed by atoms with Crippen molar-refractivity contribution in [2.45, 2.75) is 19.3 Å². The van der Waals surface area contributed by atoms with Gasteiger partial charge in [-0.15, -0.1) is 12.3 Å². The highest BCUT2D eigenvalue weighted by atomic mass is 79.9. The normalized spacial score (nSPS) is 9.67. The third kappa shape index (κ3) is 4.19. The molecule has 0 aliphatic carbocycles. The van der Waals surface area contributed by atoms with Crippen molar-refractivity contribution in [3.8, 4) is 12.3 Å². The molecule has 0 N–H and O–H groups in total. The first-order valence-corrected chi connectivity index (χ1v) is 6.15. The molecule has 0 fully saturated rings. The fraction of sp³-hybridized carbons (Fsp3) is 0.250. The van der Waals surface area contributed by atoms with Gasteiger partial charge in [0.2, 0.25) is 0 Å². The quantitative estimate of drug-likeness (QED) is 0.459. The lowest BCUT2D eigenvalue weighted by molar-refractivity contribution is 0.0980. The van der Waals surface area contributed by atoms with E-state index in [1.165, 1.54) is 0 Å². The molecule has 0 bridgehead atoms. The molecule has 0 aromatic heterocycles. The Balaban J connectivity index is 2.70. The van der Waals surface area contributed by atoms with E-state index in [0.717, 1.165) is 15.4 Å². The van der Waals surface area contributed by atoms with Crippen molar-refractivity contribution in [2.75, 3.05) is 0 Å². The number of hydrogen-bond donors (Lipinski definition) is 0. The maximum Gasteiger partial charge on any atom is 0.162 e. The van der Waals surface area contributed by atoms with Crippen LogP contribution < -0.4 is 0 Å². The van der Waals surface area contributed by atoms with Crippen molar-refractivity contribution in [3.05, 3.63) is 32.7 Å². The van der Waals surface area contributed by atoms with Gasteiger partial charge in [0.1, 0.15) is 0 Å². The smallest absolute Gasteiger partial charge is 0.162 e. The molecule has 1 nitrogen and oxygen atoms in total. The fourth-order valence-electron chi connectivity index (χ4n) is 1.21. The Labute approximate surface area is 107 Å². The van der Waals surface area contributed by atoms with Gasteiger partial charge in [-0.2, -0.15) is 0 Å². The van der Waals surface area contributed by atoms with Crippen LogP contribution in [0.2, 0.25) is 0 Å². The number of rotatable bonds is 4. The summed E-state index contributed by atoms with van der Waals surface area (Å²) < 4.78 is 1.80. The van der Waals surface area contributed by atoms with E-state index in [0.29, 0.717) is 18.4 Å². The Morgan fingerprint density at radius 1 is 1.27 bits per heavy atom. The lowest BCUT2D eigenvalue weighted by atomic mass is 10.1. The molecule has 3 heteroatoms. The van der Waals surface area contributed by atoms with Gasteiger partial charge in [0.05, 0.1) is 0 Å². The van der Waals surface area contributed by atoms with Crippen molar-refractivity contribution in [2.24, 2.45) is 0 Å². The second-order valence-corrected chi connectivity index (χ2v) is 4.97. The van der Waals surface area contributed by atoms with E-state index < -0.39 is 0 Å². The third-order valence-corrected chi connectivity index (χ3v) is 2.83. The first-order valence-electron chi connectivity index (χ1n) is 4.56. The minimum Gasteiger partial charge on any atom is -0.294 e. The lowest BCUT2D eigenvalue weighted by Gasteiger charge is -2.01. The zero-order valence-corrected chi connectivity index (χ0v) is 11.3. The summed E-state index contributed by atoms with van der Waals surface area (Å²) in [5.41, 5.74) is 0.716. The maximum absolute atomic E-state index is 11.7. The topological polar surface area (TPSA) is 17.1 Å². The van der Waals surface area contributed by atoms with Gasteiger partial charge in [-0.3, -0.25) is 4.79 Å². The minimum atomic E-state index is 0.132. The molecule has 0 aliphatic heterocycles. The molecule has 0 atom stereocenters. The number of hydrogen-bond acceptors (Lipinski definition) is 1. The summed E-state index contributed by atoms with van der Waals surface area (Å²) in [5.74, 6) is 2.66. The van der Waals surface area contributed by atoms with E-state index >= 15 is 0 Å². The molecule has 0 radical (unpaired) electrons. The van der Waals surface area contributed by atoms with Crippen LogP contribution in [0.25, 0.3) is 0 Å². The second-order valence-electron chi connectivity index (χ2n) is 3.14. The van der Waals surface area contributed by atoms with Crippen LogP contribution in [-0.4, -0.2) is 5.78 Å². The van der Waals surface area contributed by atoms with Crippen LogP contribution in [-0.2, 0) is 0 Å². The lowest BCUT2D eigenvalue weighted by Crippen LogP contribution is -1.98. The summed E-state index contributed by atoms with van der Waals surface area (Å²) in [6, 6.07) is 5.55. The number of benzene rings is 1.